The standard InChI is InChI=1S/C51H31N3O/c1-3-10-32(11-4-1)33-18-20-35(21-19-33)41-16-9-17-47-48(41)45-31-39(26-29-46(45)55-47)51-53-49(37-13-5-2-6-14-37)52-50(54-51)38-23-22-36-25-27-42-40-15-8-7-12-34(40)24-28-43(42)44(36)30-38/h1-31H. The van der Waals surface area contributed by atoms with Gasteiger partial charge in [-0.1, -0.05) is 158 Å². The van der Waals surface area contributed by atoms with Gasteiger partial charge in [0.25, 0.3) is 0 Å². The lowest BCUT2D eigenvalue weighted by Crippen LogP contribution is -2.00. The summed E-state index contributed by atoms with van der Waals surface area (Å²) in [6, 6.07) is 65.8. The molecular formula is C51H31N3O. The molecule has 2 aromatic heterocycles. The number of furan rings is 1. The van der Waals surface area contributed by atoms with Crippen LogP contribution in [0.5, 0.6) is 0 Å². The average Bonchev–Trinajstić information content (AvgIpc) is 3.65. The van der Waals surface area contributed by atoms with Crippen LogP contribution in [0.15, 0.2) is 192 Å². The molecule has 0 spiro atoms. The molecule has 0 aliphatic carbocycles. The van der Waals surface area contributed by atoms with Gasteiger partial charge >= 0.3 is 0 Å². The molecule has 0 bridgehead atoms. The van der Waals surface area contributed by atoms with E-state index in [-0.39, 0.29) is 0 Å². The maximum absolute atomic E-state index is 6.43. The van der Waals surface area contributed by atoms with E-state index < -0.39 is 0 Å². The first kappa shape index (κ1) is 31.1. The maximum atomic E-state index is 6.43. The van der Waals surface area contributed by atoms with E-state index in [4.69, 9.17) is 19.4 Å². The van der Waals surface area contributed by atoms with Gasteiger partial charge in [-0.3, -0.25) is 0 Å². The Morgan fingerprint density at radius 2 is 0.818 bits per heavy atom. The third kappa shape index (κ3) is 5.34. The second-order valence-electron chi connectivity index (χ2n) is 14.0. The predicted molar refractivity (Wildman–Crippen MR) is 227 cm³/mol. The molecule has 11 aromatic rings. The topological polar surface area (TPSA) is 51.8 Å². The Hall–Kier alpha value is -7.43. The van der Waals surface area contributed by atoms with Gasteiger partial charge in [0.2, 0.25) is 0 Å². The molecule has 55 heavy (non-hydrogen) atoms. The fourth-order valence-electron chi connectivity index (χ4n) is 7.99. The van der Waals surface area contributed by atoms with Crippen LogP contribution >= 0.6 is 0 Å². The van der Waals surface area contributed by atoms with Crippen LogP contribution in [-0.4, -0.2) is 15.0 Å². The van der Waals surface area contributed by atoms with Gasteiger partial charge in [-0.25, -0.2) is 15.0 Å². The Labute approximate surface area is 317 Å². The van der Waals surface area contributed by atoms with Crippen molar-refractivity contribution in [3.63, 3.8) is 0 Å². The Morgan fingerprint density at radius 3 is 1.56 bits per heavy atom. The number of benzene rings is 9. The number of nitrogens with zero attached hydrogens (tertiary/aromatic N) is 3. The van der Waals surface area contributed by atoms with Crippen LogP contribution < -0.4 is 0 Å². The van der Waals surface area contributed by atoms with E-state index in [1.54, 1.807) is 0 Å². The normalized spacial score (nSPS) is 11.6. The van der Waals surface area contributed by atoms with E-state index in [1.807, 2.05) is 54.6 Å². The summed E-state index contributed by atoms with van der Waals surface area (Å²) >= 11 is 0. The molecule has 9 aromatic carbocycles. The van der Waals surface area contributed by atoms with Gasteiger partial charge in [-0.15, -0.1) is 0 Å². The SMILES string of the molecule is c1ccc(-c2ccc(-c3cccc4oc5ccc(-c6nc(-c7ccccc7)nc(-c7ccc8ccc9c%10ccccc%10ccc9c8c7)n6)cc5c34)cc2)cc1. The molecule has 0 amide bonds. The van der Waals surface area contributed by atoms with Crippen molar-refractivity contribution >= 4 is 54.3 Å². The lowest BCUT2D eigenvalue weighted by Gasteiger charge is -2.11. The van der Waals surface area contributed by atoms with Crippen LogP contribution in [0.2, 0.25) is 0 Å². The number of hydrogen-bond acceptors (Lipinski definition) is 4. The number of hydrogen-bond donors (Lipinski definition) is 0. The Kier molecular flexibility index (Phi) is 7.14. The molecule has 0 fully saturated rings. The van der Waals surface area contributed by atoms with Crippen LogP contribution in [-0.2, 0) is 0 Å². The summed E-state index contributed by atoms with van der Waals surface area (Å²) in [5.74, 6) is 1.86. The minimum absolute atomic E-state index is 0.605. The van der Waals surface area contributed by atoms with Crippen molar-refractivity contribution in [2.24, 2.45) is 0 Å². The number of fused-ring (bicyclic) bond motifs is 8. The second-order valence-corrected chi connectivity index (χ2v) is 14.0. The molecule has 4 heteroatoms. The van der Waals surface area contributed by atoms with Gasteiger partial charge in [0.05, 0.1) is 0 Å². The lowest BCUT2D eigenvalue weighted by atomic mass is 9.96. The monoisotopic (exact) mass is 701 g/mol. The van der Waals surface area contributed by atoms with E-state index in [9.17, 15) is 0 Å². The third-order valence-electron chi connectivity index (χ3n) is 10.7. The van der Waals surface area contributed by atoms with Crippen molar-refractivity contribution < 1.29 is 4.42 Å². The average molecular weight is 702 g/mol. The minimum atomic E-state index is 0.605. The lowest BCUT2D eigenvalue weighted by molar-refractivity contribution is 0.669. The predicted octanol–water partition coefficient (Wildman–Crippen LogP) is 13.6. The van der Waals surface area contributed by atoms with E-state index in [1.165, 1.54) is 43.4 Å². The third-order valence-corrected chi connectivity index (χ3v) is 10.7. The van der Waals surface area contributed by atoms with Gasteiger partial charge in [0, 0.05) is 27.5 Å². The summed E-state index contributed by atoms with van der Waals surface area (Å²) < 4.78 is 6.43. The van der Waals surface area contributed by atoms with Crippen LogP contribution in [0.3, 0.4) is 0 Å². The van der Waals surface area contributed by atoms with Gasteiger partial charge in [-0.2, -0.15) is 0 Å². The molecule has 0 aliphatic heterocycles. The minimum Gasteiger partial charge on any atom is -0.456 e. The van der Waals surface area contributed by atoms with Crippen molar-refractivity contribution in [1.82, 2.24) is 15.0 Å². The maximum Gasteiger partial charge on any atom is 0.164 e. The summed E-state index contributed by atoms with van der Waals surface area (Å²) in [6.45, 7) is 0. The molecule has 0 atom stereocenters. The second kappa shape index (κ2) is 12.6. The molecule has 4 nitrogen and oxygen atoms in total. The summed E-state index contributed by atoms with van der Waals surface area (Å²) in [5, 5.41) is 9.34. The quantitative estimate of drug-likeness (QED) is 0.168. The zero-order valence-electron chi connectivity index (χ0n) is 29.6. The largest absolute Gasteiger partial charge is 0.456 e. The molecule has 2 heterocycles. The summed E-state index contributed by atoms with van der Waals surface area (Å²) in [4.78, 5) is 15.3. The number of rotatable bonds is 5. The van der Waals surface area contributed by atoms with Gasteiger partial charge in [-0.05, 0) is 84.9 Å². The molecule has 0 unspecified atom stereocenters. The van der Waals surface area contributed by atoms with Crippen LogP contribution in [0.4, 0.5) is 0 Å². The van der Waals surface area contributed by atoms with Crippen molar-refractivity contribution in [2.75, 3.05) is 0 Å². The van der Waals surface area contributed by atoms with Crippen molar-refractivity contribution in [1.29, 1.82) is 0 Å². The van der Waals surface area contributed by atoms with E-state index in [2.05, 4.69) is 133 Å². The first-order valence-corrected chi connectivity index (χ1v) is 18.5. The van der Waals surface area contributed by atoms with Gasteiger partial charge in [0.15, 0.2) is 17.5 Å². The smallest absolute Gasteiger partial charge is 0.164 e. The summed E-state index contributed by atoms with van der Waals surface area (Å²) in [7, 11) is 0. The Morgan fingerprint density at radius 1 is 0.291 bits per heavy atom. The molecule has 0 N–H and O–H groups in total. The highest BCUT2D eigenvalue weighted by atomic mass is 16.3. The zero-order valence-corrected chi connectivity index (χ0v) is 29.6. The van der Waals surface area contributed by atoms with Gasteiger partial charge < -0.3 is 4.42 Å². The first-order chi connectivity index (χ1) is 27.2. The molecule has 0 saturated heterocycles. The molecule has 0 radical (unpaired) electrons. The molecule has 0 saturated carbocycles. The highest BCUT2D eigenvalue weighted by Crippen LogP contribution is 2.39. The molecule has 11 rings (SSSR count). The van der Waals surface area contributed by atoms with E-state index in [0.717, 1.165) is 49.8 Å². The molecular weight excluding hydrogens is 671 g/mol. The van der Waals surface area contributed by atoms with Crippen molar-refractivity contribution in [2.45, 2.75) is 0 Å². The highest BCUT2D eigenvalue weighted by Gasteiger charge is 2.17. The van der Waals surface area contributed by atoms with E-state index >= 15 is 0 Å². The van der Waals surface area contributed by atoms with Crippen LogP contribution in [0.25, 0.3) is 111 Å². The van der Waals surface area contributed by atoms with Crippen LogP contribution in [0, 0.1) is 0 Å². The van der Waals surface area contributed by atoms with Gasteiger partial charge in [0.1, 0.15) is 11.2 Å². The summed E-state index contributed by atoms with van der Waals surface area (Å²) in [6.07, 6.45) is 0. The molecule has 256 valence electrons. The van der Waals surface area contributed by atoms with Crippen LogP contribution in [0.1, 0.15) is 0 Å². The summed E-state index contributed by atoms with van der Waals surface area (Å²) in [5.41, 5.74) is 9.04. The van der Waals surface area contributed by atoms with E-state index in [0.29, 0.717) is 17.5 Å². The zero-order chi connectivity index (χ0) is 36.3. The van der Waals surface area contributed by atoms with Crippen molar-refractivity contribution in [3.8, 4) is 56.4 Å². The fourth-order valence-corrected chi connectivity index (χ4v) is 7.99. The fraction of sp³-hybridized carbons (Fsp3) is 0. The Bertz CT molecular complexity index is 3240. The molecule has 0 aliphatic rings. The highest BCUT2D eigenvalue weighted by molar-refractivity contribution is 6.18. The van der Waals surface area contributed by atoms with Crippen molar-refractivity contribution in [3.05, 3.63) is 188 Å². The Balaban J connectivity index is 1.07. The number of aromatic nitrogens is 3. The first-order valence-electron chi connectivity index (χ1n) is 18.5.